The molecule has 1 fully saturated rings. The molecule has 0 aromatic carbocycles. The molecule has 0 saturated carbocycles. The first-order valence-electron chi connectivity index (χ1n) is 6.92. The number of esters is 1. The Morgan fingerprint density at radius 2 is 2.25 bits per heavy atom. The number of hydrogen-bond acceptors (Lipinski definition) is 4. The van der Waals surface area contributed by atoms with Gasteiger partial charge in [-0.2, -0.15) is 0 Å². The lowest BCUT2D eigenvalue weighted by Crippen LogP contribution is -2.44. The van der Waals surface area contributed by atoms with Crippen LogP contribution in [0.3, 0.4) is 0 Å². The van der Waals surface area contributed by atoms with E-state index in [0.717, 1.165) is 25.0 Å². The van der Waals surface area contributed by atoms with Gasteiger partial charge >= 0.3 is 5.97 Å². The summed E-state index contributed by atoms with van der Waals surface area (Å²) in [6.07, 6.45) is 4.79. The molecule has 20 heavy (non-hydrogen) atoms. The molecular weight excluding hydrogens is 256 g/mol. The van der Waals surface area contributed by atoms with Crippen LogP contribution in [0.2, 0.25) is 0 Å². The van der Waals surface area contributed by atoms with E-state index in [0.29, 0.717) is 12.1 Å². The first kappa shape index (κ1) is 14.5. The lowest BCUT2D eigenvalue weighted by atomic mass is 9.98. The van der Waals surface area contributed by atoms with Crippen molar-refractivity contribution in [2.45, 2.75) is 38.6 Å². The molecule has 1 unspecified atom stereocenters. The number of piperidine rings is 1. The fraction of sp³-hybridized carbons (Fsp3) is 0.533. The van der Waals surface area contributed by atoms with Crippen molar-refractivity contribution in [1.29, 1.82) is 0 Å². The molecule has 1 aliphatic rings. The number of carbonyl (C=O) groups is 2. The zero-order chi connectivity index (χ0) is 14.5. The van der Waals surface area contributed by atoms with Crippen LogP contribution in [0.4, 0.5) is 0 Å². The topological polar surface area (TPSA) is 59.5 Å². The summed E-state index contributed by atoms with van der Waals surface area (Å²) < 4.78 is 4.72. The minimum absolute atomic E-state index is 0.0240. The minimum atomic E-state index is -0.263. The fourth-order valence-corrected chi connectivity index (χ4v) is 2.60. The third-order valence-corrected chi connectivity index (χ3v) is 3.66. The van der Waals surface area contributed by atoms with Crippen molar-refractivity contribution < 1.29 is 14.3 Å². The minimum Gasteiger partial charge on any atom is -0.469 e. The van der Waals surface area contributed by atoms with E-state index in [4.69, 9.17) is 4.74 Å². The average molecular weight is 276 g/mol. The van der Waals surface area contributed by atoms with E-state index in [1.165, 1.54) is 7.11 Å². The molecule has 1 atom stereocenters. The maximum Gasteiger partial charge on any atom is 0.307 e. The van der Waals surface area contributed by atoms with Crippen LogP contribution in [0.25, 0.3) is 0 Å². The zero-order valence-electron chi connectivity index (χ0n) is 12.0. The molecular formula is C15H20N2O3. The molecule has 2 heterocycles. The van der Waals surface area contributed by atoms with Gasteiger partial charge in [-0.05, 0) is 38.3 Å². The van der Waals surface area contributed by atoms with E-state index in [1.807, 2.05) is 6.92 Å². The molecule has 1 amide bonds. The first-order valence-corrected chi connectivity index (χ1v) is 6.92. The van der Waals surface area contributed by atoms with Crippen molar-refractivity contribution in [3.8, 4) is 0 Å². The lowest BCUT2D eigenvalue weighted by molar-refractivity contribution is -0.142. The van der Waals surface area contributed by atoms with Crippen molar-refractivity contribution in [1.82, 2.24) is 9.88 Å². The van der Waals surface area contributed by atoms with Gasteiger partial charge in [0.1, 0.15) is 0 Å². The van der Waals surface area contributed by atoms with Crippen LogP contribution >= 0.6 is 0 Å². The highest BCUT2D eigenvalue weighted by Gasteiger charge is 2.29. The summed E-state index contributed by atoms with van der Waals surface area (Å²) in [4.78, 5) is 30.0. The van der Waals surface area contributed by atoms with E-state index < -0.39 is 0 Å². The smallest absolute Gasteiger partial charge is 0.307 e. The maximum atomic E-state index is 12.6. The molecule has 0 bridgehead atoms. The van der Waals surface area contributed by atoms with Crippen molar-refractivity contribution in [3.05, 3.63) is 29.6 Å². The van der Waals surface area contributed by atoms with Gasteiger partial charge in [0.2, 0.25) is 0 Å². The van der Waals surface area contributed by atoms with Crippen molar-refractivity contribution in [2.24, 2.45) is 0 Å². The van der Waals surface area contributed by atoms with E-state index in [1.54, 1.807) is 23.2 Å². The van der Waals surface area contributed by atoms with Crippen LogP contribution < -0.4 is 0 Å². The van der Waals surface area contributed by atoms with Crippen molar-refractivity contribution in [2.75, 3.05) is 13.7 Å². The number of methoxy groups -OCH3 is 1. The molecule has 1 saturated heterocycles. The van der Waals surface area contributed by atoms with Gasteiger partial charge in [-0.1, -0.05) is 0 Å². The number of aryl methyl sites for hydroxylation is 1. The SMILES string of the molecule is COC(=O)CC1CCCCN1C(=O)c1ccnc(C)c1. The van der Waals surface area contributed by atoms with E-state index >= 15 is 0 Å². The number of ether oxygens (including phenoxy) is 1. The maximum absolute atomic E-state index is 12.6. The predicted molar refractivity (Wildman–Crippen MR) is 74.3 cm³/mol. The summed E-state index contributed by atoms with van der Waals surface area (Å²) in [5.41, 5.74) is 1.45. The van der Waals surface area contributed by atoms with Gasteiger partial charge in [-0.15, -0.1) is 0 Å². The number of likely N-dealkylation sites (tertiary alicyclic amines) is 1. The van der Waals surface area contributed by atoms with Gasteiger partial charge in [-0.3, -0.25) is 14.6 Å². The summed E-state index contributed by atoms with van der Waals surface area (Å²) in [6.45, 7) is 2.56. The molecule has 108 valence electrons. The van der Waals surface area contributed by atoms with Crippen molar-refractivity contribution in [3.63, 3.8) is 0 Å². The third kappa shape index (κ3) is 3.35. The Morgan fingerprint density at radius 1 is 1.45 bits per heavy atom. The second kappa shape index (κ2) is 6.50. The highest BCUT2D eigenvalue weighted by Crippen LogP contribution is 2.22. The van der Waals surface area contributed by atoms with E-state index in [-0.39, 0.29) is 24.3 Å². The first-order chi connectivity index (χ1) is 9.61. The van der Waals surface area contributed by atoms with E-state index in [9.17, 15) is 9.59 Å². The molecule has 0 aliphatic carbocycles. The van der Waals surface area contributed by atoms with Crippen LogP contribution in [0.15, 0.2) is 18.3 Å². The summed E-state index contributed by atoms with van der Waals surface area (Å²) in [5, 5.41) is 0. The monoisotopic (exact) mass is 276 g/mol. The average Bonchev–Trinajstić information content (AvgIpc) is 2.47. The van der Waals surface area contributed by atoms with Crippen LogP contribution in [-0.2, 0) is 9.53 Å². The van der Waals surface area contributed by atoms with Gasteiger partial charge in [0.25, 0.3) is 5.91 Å². The number of nitrogens with zero attached hydrogens (tertiary/aromatic N) is 2. The number of aromatic nitrogens is 1. The van der Waals surface area contributed by atoms with Gasteiger partial charge in [0, 0.05) is 30.0 Å². The zero-order valence-corrected chi connectivity index (χ0v) is 12.0. The number of carbonyl (C=O) groups excluding carboxylic acids is 2. The van der Waals surface area contributed by atoms with Crippen LogP contribution in [-0.4, -0.2) is 41.5 Å². The number of amides is 1. The Balaban J connectivity index is 2.15. The van der Waals surface area contributed by atoms with Crippen LogP contribution in [0.1, 0.15) is 41.7 Å². The van der Waals surface area contributed by atoms with Gasteiger partial charge in [0.05, 0.1) is 13.5 Å². The highest BCUT2D eigenvalue weighted by molar-refractivity contribution is 5.94. The fourth-order valence-electron chi connectivity index (χ4n) is 2.60. The summed E-state index contributed by atoms with van der Waals surface area (Å²) >= 11 is 0. The standard InChI is InChI=1S/C15H20N2O3/c1-11-9-12(6-7-16-11)15(19)17-8-4-3-5-13(17)10-14(18)20-2/h6-7,9,13H,3-5,8,10H2,1-2H3. The molecule has 1 aromatic heterocycles. The van der Waals surface area contributed by atoms with E-state index in [2.05, 4.69) is 4.98 Å². The molecule has 0 spiro atoms. The van der Waals surface area contributed by atoms with Crippen LogP contribution in [0, 0.1) is 6.92 Å². The third-order valence-electron chi connectivity index (χ3n) is 3.66. The second-order valence-electron chi connectivity index (χ2n) is 5.11. The Kier molecular flexibility index (Phi) is 4.71. The molecule has 1 aromatic rings. The number of pyridine rings is 1. The summed E-state index contributed by atoms with van der Waals surface area (Å²) in [5.74, 6) is -0.287. The predicted octanol–water partition coefficient (Wildman–Crippen LogP) is 1.95. The summed E-state index contributed by atoms with van der Waals surface area (Å²) in [6, 6.07) is 3.45. The number of hydrogen-bond donors (Lipinski definition) is 0. The molecule has 1 aliphatic heterocycles. The Morgan fingerprint density at radius 3 is 2.95 bits per heavy atom. The summed E-state index contributed by atoms with van der Waals surface area (Å²) in [7, 11) is 1.38. The van der Waals surface area contributed by atoms with Crippen molar-refractivity contribution >= 4 is 11.9 Å². The highest BCUT2D eigenvalue weighted by atomic mass is 16.5. The normalized spacial score (nSPS) is 18.7. The molecule has 5 heteroatoms. The Hall–Kier alpha value is -1.91. The Bertz CT molecular complexity index is 502. The second-order valence-corrected chi connectivity index (χ2v) is 5.11. The Labute approximate surface area is 118 Å². The lowest BCUT2D eigenvalue weighted by Gasteiger charge is -2.35. The molecule has 0 radical (unpaired) electrons. The molecule has 2 rings (SSSR count). The van der Waals surface area contributed by atoms with Gasteiger partial charge in [-0.25, -0.2) is 0 Å². The molecule has 0 N–H and O–H groups in total. The van der Waals surface area contributed by atoms with Gasteiger partial charge < -0.3 is 9.64 Å². The molecule has 5 nitrogen and oxygen atoms in total. The number of rotatable bonds is 3. The van der Waals surface area contributed by atoms with Gasteiger partial charge in [0.15, 0.2) is 0 Å². The largest absolute Gasteiger partial charge is 0.469 e. The quantitative estimate of drug-likeness (QED) is 0.792. The van der Waals surface area contributed by atoms with Crippen LogP contribution in [0.5, 0.6) is 0 Å².